The second-order valence-electron chi connectivity index (χ2n) is 3.72. The molecule has 0 N–H and O–H groups in total. The Bertz CT molecular complexity index is 121. The molecule has 0 aromatic rings. The van der Waals surface area contributed by atoms with Gasteiger partial charge < -0.3 is 0 Å². The summed E-state index contributed by atoms with van der Waals surface area (Å²) in [5, 5.41) is 0. The molecule has 0 aromatic carbocycles. The smallest absolute Gasteiger partial charge is 0.207 e. The molecule has 0 radical (unpaired) electrons. The summed E-state index contributed by atoms with van der Waals surface area (Å²) in [6.07, 6.45) is 5.67. The van der Waals surface area contributed by atoms with Crippen LogP contribution in [0.4, 0.5) is 8.78 Å². The van der Waals surface area contributed by atoms with Gasteiger partial charge in [0.05, 0.1) is 0 Å². The van der Waals surface area contributed by atoms with Crippen molar-refractivity contribution < 1.29 is 8.78 Å². The SMILES string of the molecule is CCCCCCC(I)CC(C)(F)F. The lowest BCUT2D eigenvalue weighted by Crippen LogP contribution is -2.16. The van der Waals surface area contributed by atoms with E-state index in [2.05, 4.69) is 29.5 Å². The monoisotopic (exact) mass is 304 g/mol. The standard InChI is InChI=1S/C10H19F2I/c1-3-4-5-6-7-9(13)8-10(2,11)12/h9H,3-8H2,1-2H3. The molecule has 0 fully saturated rings. The van der Waals surface area contributed by atoms with Gasteiger partial charge in [-0.1, -0.05) is 55.2 Å². The van der Waals surface area contributed by atoms with Gasteiger partial charge in [-0.25, -0.2) is 8.78 Å². The summed E-state index contributed by atoms with van der Waals surface area (Å²) in [4.78, 5) is 0. The lowest BCUT2D eigenvalue weighted by molar-refractivity contribution is 0.0133. The molecular formula is C10H19F2I. The number of hydrogen-bond acceptors (Lipinski definition) is 0. The molecule has 0 aliphatic heterocycles. The minimum atomic E-state index is -2.49. The van der Waals surface area contributed by atoms with Crippen LogP contribution in [0, 0.1) is 0 Å². The van der Waals surface area contributed by atoms with Crippen molar-refractivity contribution in [1.29, 1.82) is 0 Å². The highest BCUT2D eigenvalue weighted by atomic mass is 127. The summed E-state index contributed by atoms with van der Waals surface area (Å²) in [5.41, 5.74) is 0. The van der Waals surface area contributed by atoms with Crippen LogP contribution in [0.25, 0.3) is 0 Å². The van der Waals surface area contributed by atoms with Gasteiger partial charge in [0.1, 0.15) is 0 Å². The molecular weight excluding hydrogens is 285 g/mol. The molecule has 0 saturated carbocycles. The van der Waals surface area contributed by atoms with Gasteiger partial charge >= 0.3 is 0 Å². The number of rotatable bonds is 7. The van der Waals surface area contributed by atoms with Gasteiger partial charge in [-0.3, -0.25) is 0 Å². The molecule has 3 heteroatoms. The molecule has 1 atom stereocenters. The van der Waals surface area contributed by atoms with E-state index in [0.717, 1.165) is 19.8 Å². The molecule has 0 bridgehead atoms. The van der Waals surface area contributed by atoms with E-state index in [4.69, 9.17) is 0 Å². The Balaban J connectivity index is 3.35. The van der Waals surface area contributed by atoms with Crippen LogP contribution in [-0.4, -0.2) is 9.85 Å². The van der Waals surface area contributed by atoms with Crippen molar-refractivity contribution in [2.75, 3.05) is 0 Å². The number of alkyl halides is 3. The van der Waals surface area contributed by atoms with Crippen molar-refractivity contribution in [2.45, 2.75) is 62.2 Å². The lowest BCUT2D eigenvalue weighted by Gasteiger charge is -2.14. The molecule has 1 unspecified atom stereocenters. The minimum Gasteiger partial charge on any atom is -0.207 e. The van der Waals surface area contributed by atoms with E-state index in [1.165, 1.54) is 19.3 Å². The third kappa shape index (κ3) is 10.5. The zero-order valence-electron chi connectivity index (χ0n) is 8.45. The van der Waals surface area contributed by atoms with Crippen LogP contribution in [0.1, 0.15) is 52.4 Å². The third-order valence-electron chi connectivity index (χ3n) is 1.95. The van der Waals surface area contributed by atoms with Crippen LogP contribution >= 0.6 is 22.6 Å². The van der Waals surface area contributed by atoms with Crippen LogP contribution in [0.2, 0.25) is 0 Å². The molecule has 13 heavy (non-hydrogen) atoms. The first kappa shape index (κ1) is 13.6. The van der Waals surface area contributed by atoms with Crippen molar-refractivity contribution in [3.05, 3.63) is 0 Å². The molecule has 0 amide bonds. The summed E-state index contributed by atoms with van der Waals surface area (Å²) in [6.45, 7) is 3.16. The Morgan fingerprint density at radius 2 is 1.85 bits per heavy atom. The molecule has 0 aliphatic rings. The van der Waals surface area contributed by atoms with Crippen molar-refractivity contribution in [3.63, 3.8) is 0 Å². The summed E-state index contributed by atoms with van der Waals surface area (Å²) < 4.78 is 25.2. The van der Waals surface area contributed by atoms with Crippen molar-refractivity contribution in [3.8, 4) is 0 Å². The van der Waals surface area contributed by atoms with Gasteiger partial charge in [0.25, 0.3) is 0 Å². The van der Waals surface area contributed by atoms with Crippen LogP contribution < -0.4 is 0 Å². The van der Waals surface area contributed by atoms with Gasteiger partial charge in [-0.05, 0) is 13.3 Å². The summed E-state index contributed by atoms with van der Waals surface area (Å²) >= 11 is 2.14. The van der Waals surface area contributed by atoms with Gasteiger partial charge in [0.15, 0.2) is 0 Å². The van der Waals surface area contributed by atoms with E-state index in [9.17, 15) is 8.78 Å². The average molecular weight is 304 g/mol. The maximum Gasteiger partial charge on any atom is 0.246 e. The van der Waals surface area contributed by atoms with Crippen molar-refractivity contribution in [1.82, 2.24) is 0 Å². The average Bonchev–Trinajstić information content (AvgIpc) is 1.94. The zero-order valence-corrected chi connectivity index (χ0v) is 10.6. The first-order valence-electron chi connectivity index (χ1n) is 4.97. The predicted molar refractivity (Wildman–Crippen MR) is 61.8 cm³/mol. The summed E-state index contributed by atoms with van der Waals surface area (Å²) in [6, 6.07) is 0. The number of halogens is 3. The second kappa shape index (κ2) is 6.96. The van der Waals surface area contributed by atoms with E-state index in [-0.39, 0.29) is 10.3 Å². The Labute approximate surface area is 93.6 Å². The van der Waals surface area contributed by atoms with Crippen LogP contribution in [0.5, 0.6) is 0 Å². The molecule has 0 saturated heterocycles. The molecule has 80 valence electrons. The van der Waals surface area contributed by atoms with E-state index >= 15 is 0 Å². The molecule has 0 spiro atoms. The maximum absolute atomic E-state index is 12.5. The number of hydrogen-bond donors (Lipinski definition) is 0. The Kier molecular flexibility index (Phi) is 7.27. The Morgan fingerprint density at radius 1 is 1.23 bits per heavy atom. The van der Waals surface area contributed by atoms with Gasteiger partial charge in [-0.15, -0.1) is 0 Å². The molecule has 0 heterocycles. The normalized spacial score (nSPS) is 14.5. The molecule has 0 nitrogen and oxygen atoms in total. The van der Waals surface area contributed by atoms with Crippen LogP contribution in [0.15, 0.2) is 0 Å². The van der Waals surface area contributed by atoms with Crippen LogP contribution in [-0.2, 0) is 0 Å². The molecule has 0 aromatic heterocycles. The highest BCUT2D eigenvalue weighted by Gasteiger charge is 2.24. The lowest BCUT2D eigenvalue weighted by atomic mass is 10.1. The maximum atomic E-state index is 12.5. The van der Waals surface area contributed by atoms with Crippen LogP contribution in [0.3, 0.4) is 0 Å². The first-order chi connectivity index (χ1) is 5.95. The zero-order chi connectivity index (χ0) is 10.3. The minimum absolute atomic E-state index is 0.0275. The third-order valence-corrected chi connectivity index (χ3v) is 3.01. The number of unbranched alkanes of at least 4 members (excludes halogenated alkanes) is 3. The predicted octanol–water partition coefficient (Wildman–Crippen LogP) is 4.81. The Hall–Kier alpha value is 0.590. The second-order valence-corrected chi connectivity index (χ2v) is 5.48. The van der Waals surface area contributed by atoms with Crippen molar-refractivity contribution >= 4 is 22.6 Å². The van der Waals surface area contributed by atoms with Gasteiger partial charge in [0.2, 0.25) is 5.92 Å². The van der Waals surface area contributed by atoms with E-state index in [0.29, 0.717) is 0 Å². The summed E-state index contributed by atoms with van der Waals surface area (Å²) in [7, 11) is 0. The molecule has 0 aliphatic carbocycles. The van der Waals surface area contributed by atoms with Gasteiger partial charge in [-0.2, -0.15) is 0 Å². The van der Waals surface area contributed by atoms with E-state index in [1.807, 2.05) is 0 Å². The summed E-state index contributed by atoms with van der Waals surface area (Å²) in [5.74, 6) is -2.49. The first-order valence-corrected chi connectivity index (χ1v) is 6.22. The van der Waals surface area contributed by atoms with E-state index in [1.54, 1.807) is 0 Å². The van der Waals surface area contributed by atoms with E-state index < -0.39 is 5.92 Å². The largest absolute Gasteiger partial charge is 0.246 e. The fourth-order valence-corrected chi connectivity index (χ4v) is 2.50. The Morgan fingerprint density at radius 3 is 2.31 bits per heavy atom. The highest BCUT2D eigenvalue weighted by molar-refractivity contribution is 14.1. The molecule has 0 rings (SSSR count). The quantitative estimate of drug-likeness (QED) is 0.360. The fourth-order valence-electron chi connectivity index (χ4n) is 1.28. The van der Waals surface area contributed by atoms with Gasteiger partial charge in [0, 0.05) is 10.3 Å². The fraction of sp³-hybridized carbons (Fsp3) is 1.00. The topological polar surface area (TPSA) is 0 Å². The highest BCUT2D eigenvalue weighted by Crippen LogP contribution is 2.26. The van der Waals surface area contributed by atoms with Crippen molar-refractivity contribution in [2.24, 2.45) is 0 Å².